The lowest BCUT2D eigenvalue weighted by molar-refractivity contribution is 0.239. The van der Waals surface area contributed by atoms with Gasteiger partial charge in [0.05, 0.1) is 5.69 Å². The molecule has 3 heteroatoms. The van der Waals surface area contributed by atoms with Gasteiger partial charge in [0.15, 0.2) is 5.82 Å². The van der Waals surface area contributed by atoms with Crippen molar-refractivity contribution in [3.8, 4) is 0 Å². The summed E-state index contributed by atoms with van der Waals surface area (Å²) in [4.78, 5) is 2.43. The predicted octanol–water partition coefficient (Wildman–Crippen LogP) is 3.83. The Kier molecular flexibility index (Phi) is 3.59. The van der Waals surface area contributed by atoms with Gasteiger partial charge in [0, 0.05) is 12.1 Å². The van der Waals surface area contributed by atoms with Crippen LogP contribution in [0.2, 0.25) is 0 Å². The van der Waals surface area contributed by atoms with Crippen molar-refractivity contribution in [3.63, 3.8) is 0 Å². The molecule has 1 fully saturated rings. The molecule has 0 amide bonds. The molecule has 0 aliphatic carbocycles. The summed E-state index contributed by atoms with van der Waals surface area (Å²) in [5.74, 6) is 1.74. The summed E-state index contributed by atoms with van der Waals surface area (Å²) >= 11 is 0. The van der Waals surface area contributed by atoms with Crippen LogP contribution >= 0.6 is 0 Å². The van der Waals surface area contributed by atoms with Crippen molar-refractivity contribution < 1.29 is 0 Å². The van der Waals surface area contributed by atoms with Gasteiger partial charge in [0.2, 0.25) is 0 Å². The van der Waals surface area contributed by atoms with Crippen molar-refractivity contribution in [1.82, 2.24) is 10.2 Å². The van der Waals surface area contributed by atoms with Gasteiger partial charge >= 0.3 is 0 Å². The molecule has 1 atom stereocenters. The van der Waals surface area contributed by atoms with Gasteiger partial charge in [-0.05, 0) is 57.1 Å². The van der Waals surface area contributed by atoms with E-state index in [4.69, 9.17) is 0 Å². The van der Waals surface area contributed by atoms with E-state index in [1.807, 2.05) is 6.92 Å². The van der Waals surface area contributed by atoms with E-state index in [0.717, 1.165) is 24.0 Å². The molecule has 2 rings (SSSR count). The molecule has 1 aliphatic rings. The molecule has 0 aromatic carbocycles. The summed E-state index contributed by atoms with van der Waals surface area (Å²) in [6, 6.07) is 4.15. The summed E-state index contributed by atoms with van der Waals surface area (Å²) in [6.07, 6.45) is 2.51. The number of aryl methyl sites for hydroxylation is 1. The second kappa shape index (κ2) is 4.77. The fourth-order valence-electron chi connectivity index (χ4n) is 3.18. The smallest absolute Gasteiger partial charge is 0.151 e. The first-order valence-electron chi connectivity index (χ1n) is 7.28. The number of anilines is 1. The molecule has 3 nitrogen and oxygen atoms in total. The molecular formula is C16H27N3. The minimum absolute atomic E-state index is 0.164. The molecule has 0 N–H and O–H groups in total. The first-order chi connectivity index (χ1) is 8.70. The normalized spacial score (nSPS) is 22.8. The molecule has 0 saturated carbocycles. The van der Waals surface area contributed by atoms with Crippen molar-refractivity contribution in [2.45, 2.75) is 59.9 Å². The standard InChI is InChI=1S/C16H27N3/c1-12-7-8-14(18-17-12)19-10-9-13(16(19,5)6)11-15(2,3)4/h7-8,13H,9-11H2,1-6H3. The number of nitrogens with zero attached hydrogens (tertiary/aromatic N) is 3. The highest BCUT2D eigenvalue weighted by Gasteiger charge is 2.43. The molecule has 1 aliphatic heterocycles. The van der Waals surface area contributed by atoms with E-state index in [0.29, 0.717) is 5.41 Å². The quantitative estimate of drug-likeness (QED) is 0.810. The highest BCUT2D eigenvalue weighted by atomic mass is 15.3. The SMILES string of the molecule is Cc1ccc(N2CCC(CC(C)(C)C)C2(C)C)nn1. The van der Waals surface area contributed by atoms with Gasteiger partial charge in [0.25, 0.3) is 0 Å². The van der Waals surface area contributed by atoms with E-state index in [9.17, 15) is 0 Å². The fourth-order valence-corrected chi connectivity index (χ4v) is 3.18. The van der Waals surface area contributed by atoms with Crippen LogP contribution in [0.3, 0.4) is 0 Å². The summed E-state index contributed by atoms with van der Waals surface area (Å²) in [5, 5.41) is 8.56. The maximum absolute atomic E-state index is 4.36. The third kappa shape index (κ3) is 3.07. The van der Waals surface area contributed by atoms with E-state index >= 15 is 0 Å². The van der Waals surface area contributed by atoms with Crippen LogP contribution in [0.4, 0.5) is 5.82 Å². The largest absolute Gasteiger partial charge is 0.350 e. The van der Waals surface area contributed by atoms with Gasteiger partial charge in [0.1, 0.15) is 0 Å². The first kappa shape index (κ1) is 14.3. The Bertz CT molecular complexity index is 428. The molecule has 0 bridgehead atoms. The Morgan fingerprint density at radius 1 is 1.26 bits per heavy atom. The fraction of sp³-hybridized carbons (Fsp3) is 0.750. The summed E-state index contributed by atoms with van der Waals surface area (Å²) < 4.78 is 0. The zero-order valence-electron chi connectivity index (χ0n) is 13.2. The van der Waals surface area contributed by atoms with Crippen molar-refractivity contribution in [2.24, 2.45) is 11.3 Å². The number of rotatable bonds is 2. The van der Waals surface area contributed by atoms with Gasteiger partial charge in [-0.2, -0.15) is 5.10 Å². The van der Waals surface area contributed by atoms with Gasteiger partial charge < -0.3 is 4.90 Å². The summed E-state index contributed by atoms with van der Waals surface area (Å²) in [6.45, 7) is 14.8. The second-order valence-corrected chi connectivity index (χ2v) is 7.59. The summed E-state index contributed by atoms with van der Waals surface area (Å²) in [7, 11) is 0. The Morgan fingerprint density at radius 3 is 2.47 bits per heavy atom. The van der Waals surface area contributed by atoms with E-state index in [-0.39, 0.29) is 5.54 Å². The Morgan fingerprint density at radius 2 is 1.95 bits per heavy atom. The zero-order chi connectivity index (χ0) is 14.3. The molecule has 1 unspecified atom stereocenters. The highest BCUT2D eigenvalue weighted by molar-refractivity contribution is 5.43. The van der Waals surface area contributed by atoms with E-state index < -0.39 is 0 Å². The van der Waals surface area contributed by atoms with Crippen LogP contribution in [0.1, 0.15) is 53.2 Å². The molecule has 0 radical (unpaired) electrons. The average Bonchev–Trinajstić information content (AvgIpc) is 2.54. The molecular weight excluding hydrogens is 234 g/mol. The van der Waals surface area contributed by atoms with Crippen molar-refractivity contribution in [3.05, 3.63) is 17.8 Å². The molecule has 1 aromatic heterocycles. The van der Waals surface area contributed by atoms with Crippen LogP contribution < -0.4 is 4.90 Å². The lowest BCUT2D eigenvalue weighted by Gasteiger charge is -2.39. The zero-order valence-corrected chi connectivity index (χ0v) is 13.2. The lowest BCUT2D eigenvalue weighted by atomic mass is 9.76. The molecule has 0 spiro atoms. The average molecular weight is 261 g/mol. The van der Waals surface area contributed by atoms with Crippen LogP contribution in [0.25, 0.3) is 0 Å². The molecule has 19 heavy (non-hydrogen) atoms. The monoisotopic (exact) mass is 261 g/mol. The first-order valence-corrected chi connectivity index (χ1v) is 7.28. The van der Waals surface area contributed by atoms with Crippen molar-refractivity contribution >= 4 is 5.82 Å². The molecule has 1 saturated heterocycles. The van der Waals surface area contributed by atoms with Crippen LogP contribution in [0.5, 0.6) is 0 Å². The maximum Gasteiger partial charge on any atom is 0.151 e. The number of hydrogen-bond acceptors (Lipinski definition) is 3. The third-order valence-electron chi connectivity index (χ3n) is 4.32. The predicted molar refractivity (Wildman–Crippen MR) is 80.4 cm³/mol. The van der Waals surface area contributed by atoms with Crippen LogP contribution in [-0.4, -0.2) is 22.3 Å². The van der Waals surface area contributed by atoms with E-state index in [1.54, 1.807) is 0 Å². The highest BCUT2D eigenvalue weighted by Crippen LogP contribution is 2.42. The molecule has 106 valence electrons. The minimum Gasteiger partial charge on any atom is -0.350 e. The minimum atomic E-state index is 0.164. The van der Waals surface area contributed by atoms with Crippen LogP contribution in [-0.2, 0) is 0 Å². The molecule has 1 aromatic rings. The van der Waals surface area contributed by atoms with Crippen LogP contribution in [0.15, 0.2) is 12.1 Å². The number of hydrogen-bond donors (Lipinski definition) is 0. The Labute approximate surface area is 117 Å². The molecule has 2 heterocycles. The van der Waals surface area contributed by atoms with Gasteiger partial charge in [-0.25, -0.2) is 0 Å². The summed E-state index contributed by atoms with van der Waals surface area (Å²) in [5.41, 5.74) is 1.53. The number of aromatic nitrogens is 2. The van der Waals surface area contributed by atoms with Crippen molar-refractivity contribution in [2.75, 3.05) is 11.4 Å². The van der Waals surface area contributed by atoms with Crippen molar-refractivity contribution in [1.29, 1.82) is 0 Å². The Hall–Kier alpha value is -1.12. The lowest BCUT2D eigenvalue weighted by Crippen LogP contribution is -2.44. The Balaban J connectivity index is 2.19. The third-order valence-corrected chi connectivity index (χ3v) is 4.32. The van der Waals surface area contributed by atoms with Gasteiger partial charge in [-0.3, -0.25) is 0 Å². The second-order valence-electron chi connectivity index (χ2n) is 7.59. The van der Waals surface area contributed by atoms with E-state index in [2.05, 4.69) is 61.8 Å². The van der Waals surface area contributed by atoms with Gasteiger partial charge in [-0.1, -0.05) is 20.8 Å². The van der Waals surface area contributed by atoms with Crippen LogP contribution in [0, 0.1) is 18.3 Å². The van der Waals surface area contributed by atoms with Gasteiger partial charge in [-0.15, -0.1) is 5.10 Å². The van der Waals surface area contributed by atoms with E-state index in [1.165, 1.54) is 12.8 Å². The topological polar surface area (TPSA) is 29.0 Å². The maximum atomic E-state index is 4.36.